The first kappa shape index (κ1) is 18.2. The number of carboxylic acid groups (broad SMARTS) is 1. The van der Waals surface area contributed by atoms with Crippen molar-refractivity contribution >= 4 is 18.0 Å². The van der Waals surface area contributed by atoms with Crippen LogP contribution < -0.4 is 5.32 Å². The fourth-order valence-electron chi connectivity index (χ4n) is 1.40. The van der Waals surface area contributed by atoms with E-state index in [0.29, 0.717) is 0 Å². The molecule has 20 heavy (non-hydrogen) atoms. The van der Waals surface area contributed by atoms with Crippen LogP contribution in [0.3, 0.4) is 0 Å². The van der Waals surface area contributed by atoms with Crippen molar-refractivity contribution < 1.29 is 29.0 Å². The van der Waals surface area contributed by atoms with Crippen molar-refractivity contribution in [3.05, 3.63) is 0 Å². The maximum atomic E-state index is 12.0. The molecule has 2 N–H and O–H groups in total. The van der Waals surface area contributed by atoms with Crippen molar-refractivity contribution in [2.45, 2.75) is 26.3 Å². The Morgan fingerprint density at radius 1 is 1.30 bits per heavy atom. The zero-order valence-electron chi connectivity index (χ0n) is 12.0. The Hall–Kier alpha value is -1.83. The highest BCUT2D eigenvalue weighted by atomic mass is 16.5. The summed E-state index contributed by atoms with van der Waals surface area (Å²) in [6, 6.07) is -1.63. The van der Waals surface area contributed by atoms with Crippen LogP contribution in [0, 0.1) is 0 Å². The summed E-state index contributed by atoms with van der Waals surface area (Å²) < 4.78 is 9.62. The molecule has 0 rings (SSSR count). The normalized spacial score (nSPS) is 11.6. The molecule has 0 fully saturated rings. The Morgan fingerprint density at radius 3 is 2.40 bits per heavy atom. The predicted octanol–water partition coefficient (Wildman–Crippen LogP) is 0.0707. The minimum Gasteiger partial charge on any atom is -0.480 e. The maximum absolute atomic E-state index is 12.0. The summed E-state index contributed by atoms with van der Waals surface area (Å²) in [5.74, 6) is -1.68. The lowest BCUT2D eigenvalue weighted by atomic mass is 10.2. The Balaban J connectivity index is 4.61. The summed E-state index contributed by atoms with van der Waals surface area (Å²) >= 11 is 0. The molecule has 0 radical (unpaired) electrons. The molecule has 8 nitrogen and oxygen atoms in total. The SMILES string of the molecule is CCOC(=O)CN(CCOC)C(=O)N[C@@H](CC)C(=O)O. The molecule has 0 bridgehead atoms. The van der Waals surface area contributed by atoms with Crippen LogP contribution in [0.15, 0.2) is 0 Å². The van der Waals surface area contributed by atoms with Gasteiger partial charge in [0.2, 0.25) is 0 Å². The van der Waals surface area contributed by atoms with Gasteiger partial charge >= 0.3 is 18.0 Å². The van der Waals surface area contributed by atoms with Crippen molar-refractivity contribution in [3.8, 4) is 0 Å². The second kappa shape index (κ2) is 10.0. The second-order valence-electron chi connectivity index (χ2n) is 3.97. The minimum absolute atomic E-state index is 0.164. The second-order valence-corrected chi connectivity index (χ2v) is 3.97. The number of esters is 1. The van der Waals surface area contributed by atoms with Crippen molar-refractivity contribution in [1.29, 1.82) is 0 Å². The van der Waals surface area contributed by atoms with Gasteiger partial charge in [0.1, 0.15) is 12.6 Å². The molecule has 0 aromatic carbocycles. The number of amides is 2. The summed E-state index contributed by atoms with van der Waals surface area (Å²) in [5.41, 5.74) is 0. The van der Waals surface area contributed by atoms with Gasteiger partial charge in [0.25, 0.3) is 0 Å². The van der Waals surface area contributed by atoms with Crippen molar-refractivity contribution in [3.63, 3.8) is 0 Å². The summed E-state index contributed by atoms with van der Waals surface area (Å²) in [4.78, 5) is 35.4. The van der Waals surface area contributed by atoms with Crippen LogP contribution >= 0.6 is 0 Å². The van der Waals surface area contributed by atoms with Crippen LogP contribution in [-0.4, -0.2) is 67.4 Å². The van der Waals surface area contributed by atoms with E-state index in [9.17, 15) is 14.4 Å². The number of carbonyl (C=O) groups excluding carboxylic acids is 2. The number of carboxylic acids is 1. The number of nitrogens with zero attached hydrogens (tertiary/aromatic N) is 1. The highest BCUT2D eigenvalue weighted by Gasteiger charge is 2.23. The molecule has 0 aromatic heterocycles. The van der Waals surface area contributed by atoms with E-state index in [1.165, 1.54) is 7.11 Å². The van der Waals surface area contributed by atoms with Crippen LogP contribution in [-0.2, 0) is 19.1 Å². The third-order valence-electron chi connectivity index (χ3n) is 2.48. The Kier molecular flexibility index (Phi) is 9.10. The smallest absolute Gasteiger partial charge is 0.326 e. The van der Waals surface area contributed by atoms with Gasteiger partial charge in [-0.3, -0.25) is 4.79 Å². The molecule has 8 heteroatoms. The van der Waals surface area contributed by atoms with Gasteiger partial charge in [0, 0.05) is 13.7 Å². The molecule has 0 saturated carbocycles. The van der Waals surface area contributed by atoms with E-state index in [-0.39, 0.29) is 32.7 Å². The van der Waals surface area contributed by atoms with Gasteiger partial charge in [-0.1, -0.05) is 6.92 Å². The number of hydrogen-bond acceptors (Lipinski definition) is 5. The van der Waals surface area contributed by atoms with E-state index >= 15 is 0 Å². The Bertz CT molecular complexity index is 334. The quantitative estimate of drug-likeness (QED) is 0.582. The summed E-state index contributed by atoms with van der Waals surface area (Å²) in [5, 5.41) is 11.2. The Morgan fingerprint density at radius 2 is 1.95 bits per heavy atom. The molecular weight excluding hydrogens is 268 g/mol. The van der Waals surface area contributed by atoms with Gasteiger partial charge in [-0.2, -0.15) is 0 Å². The van der Waals surface area contributed by atoms with Crippen LogP contribution in [0.5, 0.6) is 0 Å². The highest BCUT2D eigenvalue weighted by molar-refractivity contribution is 5.85. The standard InChI is InChI=1S/C12H22N2O6/c1-4-9(11(16)17)13-12(18)14(6-7-19-3)8-10(15)20-5-2/h9H,4-8H2,1-3H3,(H,13,18)(H,16,17)/t9-/m0/s1. The first-order valence-electron chi connectivity index (χ1n) is 6.39. The Labute approximate surface area is 118 Å². The molecular formula is C12H22N2O6. The molecule has 0 aliphatic carbocycles. The number of carbonyl (C=O) groups is 3. The van der Waals surface area contributed by atoms with Gasteiger partial charge in [-0.25, -0.2) is 9.59 Å². The number of hydrogen-bond donors (Lipinski definition) is 2. The molecule has 0 heterocycles. The number of rotatable bonds is 9. The number of urea groups is 1. The third-order valence-corrected chi connectivity index (χ3v) is 2.48. The highest BCUT2D eigenvalue weighted by Crippen LogP contribution is 1.97. The van der Waals surface area contributed by atoms with Crippen molar-refractivity contribution in [2.75, 3.05) is 33.4 Å². The first-order chi connectivity index (χ1) is 9.46. The van der Waals surface area contributed by atoms with Crippen LogP contribution in [0.25, 0.3) is 0 Å². The van der Waals surface area contributed by atoms with E-state index in [0.717, 1.165) is 4.90 Å². The monoisotopic (exact) mass is 290 g/mol. The molecule has 0 aliphatic heterocycles. The summed E-state index contributed by atoms with van der Waals surface area (Å²) in [6.07, 6.45) is 0.249. The summed E-state index contributed by atoms with van der Waals surface area (Å²) in [6.45, 7) is 3.66. The number of ether oxygens (including phenoxy) is 2. The van der Waals surface area contributed by atoms with Crippen LogP contribution in [0.1, 0.15) is 20.3 Å². The average Bonchev–Trinajstić information content (AvgIpc) is 2.40. The molecule has 0 saturated heterocycles. The molecule has 1 atom stereocenters. The number of methoxy groups -OCH3 is 1. The van der Waals surface area contributed by atoms with Crippen molar-refractivity contribution in [2.24, 2.45) is 0 Å². The van der Waals surface area contributed by atoms with Gasteiger partial charge in [0.05, 0.1) is 13.2 Å². The predicted molar refractivity (Wildman–Crippen MR) is 70.3 cm³/mol. The summed E-state index contributed by atoms with van der Waals surface area (Å²) in [7, 11) is 1.46. The fraction of sp³-hybridized carbons (Fsp3) is 0.750. The fourth-order valence-corrected chi connectivity index (χ4v) is 1.40. The lowest BCUT2D eigenvalue weighted by molar-refractivity contribution is -0.143. The lowest BCUT2D eigenvalue weighted by Gasteiger charge is -2.23. The zero-order chi connectivity index (χ0) is 15.5. The number of aliphatic carboxylic acids is 1. The molecule has 0 aliphatic rings. The van der Waals surface area contributed by atoms with Gasteiger partial charge in [-0.05, 0) is 13.3 Å². The van der Waals surface area contributed by atoms with Gasteiger partial charge in [-0.15, -0.1) is 0 Å². The van der Waals surface area contributed by atoms with E-state index in [1.807, 2.05) is 0 Å². The van der Waals surface area contributed by atoms with E-state index < -0.39 is 24.0 Å². The molecule has 0 spiro atoms. The van der Waals surface area contributed by atoms with E-state index in [1.54, 1.807) is 13.8 Å². The van der Waals surface area contributed by atoms with Gasteiger partial charge < -0.3 is 24.8 Å². The lowest BCUT2D eigenvalue weighted by Crippen LogP contribution is -2.50. The molecule has 116 valence electrons. The van der Waals surface area contributed by atoms with Crippen LogP contribution in [0.4, 0.5) is 4.79 Å². The number of nitrogens with one attached hydrogen (secondary N) is 1. The van der Waals surface area contributed by atoms with E-state index in [2.05, 4.69) is 5.32 Å². The third kappa shape index (κ3) is 6.93. The minimum atomic E-state index is -1.12. The molecule has 0 unspecified atom stereocenters. The first-order valence-corrected chi connectivity index (χ1v) is 6.39. The van der Waals surface area contributed by atoms with E-state index in [4.69, 9.17) is 14.6 Å². The maximum Gasteiger partial charge on any atom is 0.326 e. The van der Waals surface area contributed by atoms with Crippen LogP contribution in [0.2, 0.25) is 0 Å². The van der Waals surface area contributed by atoms with Gasteiger partial charge in [0.15, 0.2) is 0 Å². The molecule has 2 amide bonds. The largest absolute Gasteiger partial charge is 0.480 e. The zero-order valence-corrected chi connectivity index (χ0v) is 12.0. The van der Waals surface area contributed by atoms with Crippen molar-refractivity contribution in [1.82, 2.24) is 10.2 Å². The average molecular weight is 290 g/mol. The topological polar surface area (TPSA) is 105 Å². The molecule has 0 aromatic rings.